The molecule has 0 bridgehead atoms. The lowest BCUT2D eigenvalue weighted by Gasteiger charge is -2.30. The van der Waals surface area contributed by atoms with Gasteiger partial charge >= 0.3 is 6.03 Å². The second-order valence-corrected chi connectivity index (χ2v) is 4.64. The fourth-order valence-corrected chi connectivity index (χ4v) is 2.01. The molecular formula is C13H17FN2O2. The van der Waals surface area contributed by atoms with Gasteiger partial charge in [0, 0.05) is 18.8 Å². The summed E-state index contributed by atoms with van der Waals surface area (Å²) >= 11 is 0. The Kier molecular flexibility index (Phi) is 3.81. The summed E-state index contributed by atoms with van der Waals surface area (Å²) in [5.74, 6) is -0.341. The van der Waals surface area contributed by atoms with Gasteiger partial charge in [-0.05, 0) is 37.5 Å². The molecule has 1 aromatic carbocycles. The summed E-state index contributed by atoms with van der Waals surface area (Å²) in [6.45, 7) is 2.62. The van der Waals surface area contributed by atoms with E-state index in [-0.39, 0.29) is 11.8 Å². The number of hydrogen-bond acceptors (Lipinski definition) is 2. The molecule has 1 heterocycles. The van der Waals surface area contributed by atoms with Crippen LogP contribution in [0.4, 0.5) is 14.9 Å². The summed E-state index contributed by atoms with van der Waals surface area (Å²) in [5, 5.41) is 12.1. The lowest BCUT2D eigenvalue weighted by atomic mass is 10.1. The number of aryl methyl sites for hydroxylation is 1. The van der Waals surface area contributed by atoms with Crippen LogP contribution in [0.5, 0.6) is 0 Å². The molecule has 1 atom stereocenters. The topological polar surface area (TPSA) is 52.6 Å². The smallest absolute Gasteiger partial charge is 0.321 e. The first-order valence-electron chi connectivity index (χ1n) is 6.06. The van der Waals surface area contributed by atoms with E-state index in [0.717, 1.165) is 12.8 Å². The molecule has 1 aliphatic rings. The van der Waals surface area contributed by atoms with Crippen LogP contribution in [0, 0.1) is 12.7 Å². The standard InChI is InChI=1S/C13H17FN2O2/c1-9-4-5-10(7-12(9)14)15-13(18)16-6-2-3-11(17)8-16/h4-5,7,11,17H,2-3,6,8H2,1H3,(H,15,18). The Bertz CT molecular complexity index is 451. The van der Waals surface area contributed by atoms with E-state index >= 15 is 0 Å². The average molecular weight is 252 g/mol. The molecule has 2 rings (SSSR count). The molecule has 2 N–H and O–H groups in total. The van der Waals surface area contributed by atoms with E-state index in [1.807, 2.05) is 0 Å². The van der Waals surface area contributed by atoms with E-state index in [2.05, 4.69) is 5.32 Å². The largest absolute Gasteiger partial charge is 0.391 e. The molecule has 1 aliphatic heterocycles. The molecule has 0 spiro atoms. The highest BCUT2D eigenvalue weighted by Gasteiger charge is 2.22. The molecule has 1 saturated heterocycles. The lowest BCUT2D eigenvalue weighted by molar-refractivity contribution is 0.0883. The van der Waals surface area contributed by atoms with Crippen molar-refractivity contribution in [2.24, 2.45) is 0 Å². The Balaban J connectivity index is 2.00. The zero-order chi connectivity index (χ0) is 13.1. The Hall–Kier alpha value is -1.62. The summed E-state index contributed by atoms with van der Waals surface area (Å²) in [6.07, 6.45) is 1.05. The van der Waals surface area contributed by atoms with Gasteiger partial charge < -0.3 is 15.3 Å². The molecule has 1 aromatic rings. The summed E-state index contributed by atoms with van der Waals surface area (Å²) in [7, 11) is 0. The maximum atomic E-state index is 13.3. The van der Waals surface area contributed by atoms with Crippen molar-refractivity contribution >= 4 is 11.7 Å². The summed E-state index contributed by atoms with van der Waals surface area (Å²) in [4.78, 5) is 13.4. The minimum atomic E-state index is -0.459. The average Bonchev–Trinajstić information content (AvgIpc) is 2.34. The molecule has 18 heavy (non-hydrogen) atoms. The van der Waals surface area contributed by atoms with Crippen LogP contribution in [0.3, 0.4) is 0 Å². The van der Waals surface area contributed by atoms with Crippen molar-refractivity contribution in [1.29, 1.82) is 0 Å². The van der Waals surface area contributed by atoms with Gasteiger partial charge in [-0.25, -0.2) is 9.18 Å². The zero-order valence-corrected chi connectivity index (χ0v) is 10.3. The molecule has 1 unspecified atom stereocenters. The number of halogens is 1. The van der Waals surface area contributed by atoms with E-state index in [1.165, 1.54) is 6.07 Å². The maximum absolute atomic E-state index is 13.3. The Morgan fingerprint density at radius 3 is 3.00 bits per heavy atom. The highest BCUT2D eigenvalue weighted by atomic mass is 19.1. The molecule has 4 nitrogen and oxygen atoms in total. The minimum absolute atomic E-state index is 0.294. The van der Waals surface area contributed by atoms with Gasteiger partial charge in [0.25, 0.3) is 0 Å². The first-order chi connectivity index (χ1) is 8.56. The first-order valence-corrected chi connectivity index (χ1v) is 6.06. The number of nitrogens with zero attached hydrogens (tertiary/aromatic N) is 1. The second-order valence-electron chi connectivity index (χ2n) is 4.64. The number of urea groups is 1. The summed E-state index contributed by atoms with van der Waals surface area (Å²) in [5.41, 5.74) is 0.976. The fraction of sp³-hybridized carbons (Fsp3) is 0.462. The van der Waals surface area contributed by atoms with Gasteiger partial charge in [0.05, 0.1) is 6.10 Å². The van der Waals surface area contributed by atoms with E-state index in [1.54, 1.807) is 24.0 Å². The van der Waals surface area contributed by atoms with Crippen LogP contribution in [-0.2, 0) is 0 Å². The maximum Gasteiger partial charge on any atom is 0.321 e. The second kappa shape index (κ2) is 5.35. The number of β-amino-alcohol motifs (C(OH)–C–C–N with tert-alkyl or cyclic N) is 1. The Morgan fingerprint density at radius 1 is 1.56 bits per heavy atom. The predicted molar refractivity (Wildman–Crippen MR) is 67.0 cm³/mol. The summed E-state index contributed by atoms with van der Waals surface area (Å²) < 4.78 is 13.3. The molecule has 5 heteroatoms. The van der Waals surface area contributed by atoms with Crippen molar-refractivity contribution in [2.75, 3.05) is 18.4 Å². The van der Waals surface area contributed by atoms with Crippen LogP contribution in [0.1, 0.15) is 18.4 Å². The molecule has 2 amide bonds. The number of likely N-dealkylation sites (tertiary alicyclic amines) is 1. The number of carbonyl (C=O) groups excluding carboxylic acids is 1. The normalized spacial score (nSPS) is 19.7. The number of aliphatic hydroxyl groups is 1. The van der Waals surface area contributed by atoms with Crippen molar-refractivity contribution < 1.29 is 14.3 Å². The Labute approximate surface area is 105 Å². The molecule has 0 saturated carbocycles. The van der Waals surface area contributed by atoms with Gasteiger partial charge in [0.1, 0.15) is 5.82 Å². The number of nitrogens with one attached hydrogen (secondary N) is 1. The van der Waals surface area contributed by atoms with Gasteiger partial charge in [0.15, 0.2) is 0 Å². The number of anilines is 1. The molecule has 0 radical (unpaired) electrons. The zero-order valence-electron chi connectivity index (χ0n) is 10.3. The van der Waals surface area contributed by atoms with Crippen molar-refractivity contribution in [2.45, 2.75) is 25.9 Å². The highest BCUT2D eigenvalue weighted by molar-refractivity contribution is 5.89. The number of benzene rings is 1. The van der Waals surface area contributed by atoms with Gasteiger partial charge in [-0.1, -0.05) is 6.07 Å². The third kappa shape index (κ3) is 2.98. The van der Waals surface area contributed by atoms with Crippen LogP contribution in [0.15, 0.2) is 18.2 Å². The van der Waals surface area contributed by atoms with Gasteiger partial charge in [-0.2, -0.15) is 0 Å². The molecule has 0 aliphatic carbocycles. The van der Waals surface area contributed by atoms with Crippen LogP contribution in [0.2, 0.25) is 0 Å². The van der Waals surface area contributed by atoms with Crippen LogP contribution < -0.4 is 5.32 Å². The third-order valence-electron chi connectivity index (χ3n) is 3.11. The van der Waals surface area contributed by atoms with E-state index in [9.17, 15) is 14.3 Å². The minimum Gasteiger partial charge on any atom is -0.391 e. The highest BCUT2D eigenvalue weighted by Crippen LogP contribution is 2.16. The number of rotatable bonds is 1. The van der Waals surface area contributed by atoms with Gasteiger partial charge in [-0.15, -0.1) is 0 Å². The quantitative estimate of drug-likeness (QED) is 0.804. The third-order valence-corrected chi connectivity index (χ3v) is 3.11. The monoisotopic (exact) mass is 252 g/mol. The SMILES string of the molecule is Cc1ccc(NC(=O)N2CCCC(O)C2)cc1F. The van der Waals surface area contributed by atoms with Crippen molar-refractivity contribution in [3.8, 4) is 0 Å². The van der Waals surface area contributed by atoms with E-state index in [0.29, 0.717) is 24.3 Å². The number of aliphatic hydroxyl groups excluding tert-OH is 1. The number of carbonyl (C=O) groups is 1. The van der Waals surface area contributed by atoms with E-state index < -0.39 is 6.10 Å². The van der Waals surface area contributed by atoms with Crippen LogP contribution >= 0.6 is 0 Å². The lowest BCUT2D eigenvalue weighted by Crippen LogP contribution is -2.44. The van der Waals surface area contributed by atoms with Crippen molar-refractivity contribution in [3.05, 3.63) is 29.6 Å². The Morgan fingerprint density at radius 2 is 2.33 bits per heavy atom. The van der Waals surface area contributed by atoms with Crippen molar-refractivity contribution in [1.82, 2.24) is 4.90 Å². The predicted octanol–water partition coefficient (Wildman–Crippen LogP) is 2.12. The van der Waals surface area contributed by atoms with Gasteiger partial charge in [0.2, 0.25) is 0 Å². The fourth-order valence-electron chi connectivity index (χ4n) is 2.01. The summed E-state index contributed by atoms with van der Waals surface area (Å²) in [6, 6.07) is 4.29. The van der Waals surface area contributed by atoms with Crippen LogP contribution in [0.25, 0.3) is 0 Å². The molecular weight excluding hydrogens is 235 g/mol. The number of amides is 2. The van der Waals surface area contributed by atoms with E-state index in [4.69, 9.17) is 0 Å². The van der Waals surface area contributed by atoms with Gasteiger partial charge in [-0.3, -0.25) is 0 Å². The van der Waals surface area contributed by atoms with Crippen molar-refractivity contribution in [3.63, 3.8) is 0 Å². The number of piperidine rings is 1. The molecule has 98 valence electrons. The number of hydrogen-bond donors (Lipinski definition) is 2. The van der Waals surface area contributed by atoms with Crippen LogP contribution in [-0.4, -0.2) is 35.2 Å². The first kappa shape index (κ1) is 12.8. The molecule has 1 fully saturated rings. The molecule has 0 aromatic heterocycles.